The van der Waals surface area contributed by atoms with Crippen molar-refractivity contribution in [1.29, 1.82) is 0 Å². The zero-order valence-corrected chi connectivity index (χ0v) is 7.10. The van der Waals surface area contributed by atoms with Gasteiger partial charge in [-0.1, -0.05) is 6.92 Å². The summed E-state index contributed by atoms with van der Waals surface area (Å²) in [7, 11) is 0. The monoisotopic (exact) mass is 122 g/mol. The van der Waals surface area contributed by atoms with Crippen LogP contribution in [0.2, 0.25) is 0 Å². The normalized spacial score (nSPS) is 15.1. The van der Waals surface area contributed by atoms with Crippen molar-refractivity contribution in [3.05, 3.63) is 11.8 Å². The van der Waals surface area contributed by atoms with Crippen LogP contribution in [-0.2, 0) is 9.53 Å². The fourth-order valence-electron chi connectivity index (χ4n) is 0.418. The summed E-state index contributed by atoms with van der Waals surface area (Å²) in [6.07, 6.45) is 2.28. The van der Waals surface area contributed by atoms with E-state index in [4.69, 9.17) is 0 Å². The molecule has 0 atom stereocenters. The first-order valence-electron chi connectivity index (χ1n) is 2.24. The molecule has 40 valence electrons. The molecule has 1 aliphatic heterocycles. The summed E-state index contributed by atoms with van der Waals surface area (Å²) in [5.74, 6) is -0.164. The van der Waals surface area contributed by atoms with Crippen molar-refractivity contribution in [1.82, 2.24) is 0 Å². The van der Waals surface area contributed by atoms with Crippen molar-refractivity contribution in [3.63, 3.8) is 0 Å². The molecule has 3 heteroatoms. The summed E-state index contributed by atoms with van der Waals surface area (Å²) in [6.45, 7) is 1.92. The second-order valence-electron chi connectivity index (χ2n) is 1.40. The number of esters is 1. The van der Waals surface area contributed by atoms with Gasteiger partial charge in [0.15, 0.2) is 0 Å². The molecular weight excluding hydrogens is 115 g/mol. The van der Waals surface area contributed by atoms with Crippen molar-refractivity contribution in [3.8, 4) is 0 Å². The van der Waals surface area contributed by atoms with Crippen LogP contribution >= 0.6 is 0 Å². The van der Waals surface area contributed by atoms with E-state index in [0.717, 1.165) is 12.0 Å². The van der Waals surface area contributed by atoms with E-state index in [1.807, 2.05) is 6.92 Å². The van der Waals surface area contributed by atoms with Crippen molar-refractivity contribution in [2.24, 2.45) is 0 Å². The summed E-state index contributed by atoms with van der Waals surface area (Å²) in [5.41, 5.74) is 0.792. The molecule has 0 saturated heterocycles. The van der Waals surface area contributed by atoms with E-state index in [0.29, 0.717) is 0 Å². The molecule has 2 nitrogen and oxygen atoms in total. The van der Waals surface area contributed by atoms with E-state index in [2.05, 4.69) is 4.74 Å². The SMILES string of the molecule is CCC1=COC1=O.[H-].[Na+]. The number of carbonyl (C=O) groups is 1. The molecule has 1 heterocycles. The van der Waals surface area contributed by atoms with E-state index < -0.39 is 0 Å². The van der Waals surface area contributed by atoms with Gasteiger partial charge in [-0.05, 0) is 6.42 Å². The first-order valence-corrected chi connectivity index (χ1v) is 2.24. The van der Waals surface area contributed by atoms with Crippen molar-refractivity contribution in [2.45, 2.75) is 13.3 Å². The third-order valence-electron chi connectivity index (χ3n) is 0.951. The fourth-order valence-corrected chi connectivity index (χ4v) is 0.418. The summed E-state index contributed by atoms with van der Waals surface area (Å²) >= 11 is 0. The summed E-state index contributed by atoms with van der Waals surface area (Å²) in [5, 5.41) is 0. The Morgan fingerprint density at radius 3 is 2.50 bits per heavy atom. The van der Waals surface area contributed by atoms with E-state index in [1.165, 1.54) is 6.26 Å². The molecule has 8 heavy (non-hydrogen) atoms. The molecule has 0 aromatic rings. The fraction of sp³-hybridized carbons (Fsp3) is 0.400. The van der Waals surface area contributed by atoms with Gasteiger partial charge in [0.1, 0.15) is 6.26 Å². The Hall–Kier alpha value is 0.210. The molecule has 0 aromatic carbocycles. The van der Waals surface area contributed by atoms with Gasteiger partial charge < -0.3 is 6.16 Å². The second-order valence-corrected chi connectivity index (χ2v) is 1.40. The minimum Gasteiger partial charge on any atom is -1.00 e. The molecule has 0 radical (unpaired) electrons. The third-order valence-corrected chi connectivity index (χ3v) is 0.951. The van der Waals surface area contributed by atoms with Gasteiger partial charge in [-0.15, -0.1) is 0 Å². The van der Waals surface area contributed by atoms with Gasteiger partial charge in [0.05, 0.1) is 5.57 Å². The molecule has 0 bridgehead atoms. The van der Waals surface area contributed by atoms with Crippen molar-refractivity contribution < 1.29 is 40.5 Å². The third kappa shape index (κ3) is 1.34. The van der Waals surface area contributed by atoms with Crippen LogP contribution in [0.3, 0.4) is 0 Å². The Morgan fingerprint density at radius 1 is 1.88 bits per heavy atom. The van der Waals surface area contributed by atoms with Crippen LogP contribution in [-0.4, -0.2) is 5.97 Å². The number of hydrogen-bond donors (Lipinski definition) is 0. The van der Waals surface area contributed by atoms with Crippen molar-refractivity contribution in [2.75, 3.05) is 0 Å². The van der Waals surface area contributed by atoms with Crippen LogP contribution in [0.15, 0.2) is 11.8 Å². The Balaban J connectivity index is 0. The molecule has 0 unspecified atom stereocenters. The average Bonchev–Trinajstić information content (AvgIpc) is 1.65. The topological polar surface area (TPSA) is 26.3 Å². The standard InChI is InChI=1S/C5H6O2.Na.H/c1-2-4-3-7-5(4)6;;/h3H,2H2,1H3;;/q;+1;-1. The first kappa shape index (κ1) is 8.21. The number of ether oxygens (including phenoxy) is 1. The molecule has 0 aliphatic carbocycles. The number of carbonyl (C=O) groups excluding carboxylic acids is 1. The maximum Gasteiger partial charge on any atom is 1.00 e. The zero-order valence-electron chi connectivity index (χ0n) is 6.10. The Labute approximate surface area is 71.7 Å². The number of rotatable bonds is 1. The molecule has 0 N–H and O–H groups in total. The smallest absolute Gasteiger partial charge is 1.00 e. The maximum atomic E-state index is 10.2. The largest absolute Gasteiger partial charge is 1.00 e. The van der Waals surface area contributed by atoms with Crippen LogP contribution < -0.4 is 29.6 Å². The van der Waals surface area contributed by atoms with Gasteiger partial charge in [-0.3, -0.25) is 0 Å². The molecule has 0 aromatic heterocycles. The van der Waals surface area contributed by atoms with Gasteiger partial charge in [0.25, 0.3) is 0 Å². The molecule has 0 fully saturated rings. The Kier molecular flexibility index (Phi) is 3.36. The number of hydrogen-bond acceptors (Lipinski definition) is 2. The first-order chi connectivity index (χ1) is 3.34. The summed E-state index contributed by atoms with van der Waals surface area (Å²) in [6, 6.07) is 0. The van der Waals surface area contributed by atoms with E-state index in [-0.39, 0.29) is 37.0 Å². The van der Waals surface area contributed by atoms with Gasteiger partial charge in [-0.25, -0.2) is 4.79 Å². The summed E-state index contributed by atoms with van der Waals surface area (Å²) in [4.78, 5) is 10.2. The maximum absolute atomic E-state index is 10.2. The molecule has 0 saturated carbocycles. The van der Waals surface area contributed by atoms with Gasteiger partial charge in [0, 0.05) is 0 Å². The number of cyclic esters (lactones) is 1. The summed E-state index contributed by atoms with van der Waals surface area (Å²) < 4.78 is 4.33. The van der Waals surface area contributed by atoms with E-state index in [9.17, 15) is 4.79 Å². The van der Waals surface area contributed by atoms with Crippen LogP contribution in [0.25, 0.3) is 0 Å². The predicted octanol–water partition coefficient (Wildman–Crippen LogP) is -2.05. The Morgan fingerprint density at radius 2 is 2.50 bits per heavy atom. The minimum absolute atomic E-state index is 0. The Bertz CT molecular complexity index is 133. The van der Waals surface area contributed by atoms with Gasteiger partial charge in [0.2, 0.25) is 0 Å². The van der Waals surface area contributed by atoms with Gasteiger partial charge >= 0.3 is 35.5 Å². The second kappa shape index (κ2) is 3.28. The quantitative estimate of drug-likeness (QED) is 0.296. The van der Waals surface area contributed by atoms with Crippen LogP contribution in [0, 0.1) is 0 Å². The molecule has 1 aliphatic rings. The zero-order chi connectivity index (χ0) is 5.28. The molecule has 1 rings (SSSR count). The van der Waals surface area contributed by atoms with Crippen molar-refractivity contribution >= 4 is 5.97 Å². The van der Waals surface area contributed by atoms with Crippen LogP contribution in [0.5, 0.6) is 0 Å². The van der Waals surface area contributed by atoms with Gasteiger partial charge in [-0.2, -0.15) is 0 Å². The molecular formula is C5H7NaO2. The minimum atomic E-state index is -0.164. The van der Waals surface area contributed by atoms with E-state index >= 15 is 0 Å². The molecule has 0 spiro atoms. The molecule has 0 amide bonds. The van der Waals surface area contributed by atoms with Crippen LogP contribution in [0.4, 0.5) is 0 Å². The van der Waals surface area contributed by atoms with E-state index in [1.54, 1.807) is 0 Å². The van der Waals surface area contributed by atoms with Crippen LogP contribution in [0.1, 0.15) is 14.8 Å². The predicted molar refractivity (Wildman–Crippen MR) is 25.6 cm³/mol. The average molecular weight is 122 g/mol.